The van der Waals surface area contributed by atoms with Crippen molar-refractivity contribution in [2.75, 3.05) is 57.5 Å². The summed E-state index contributed by atoms with van der Waals surface area (Å²) >= 11 is 0. The number of hydrogen-bond donors (Lipinski definition) is 2. The summed E-state index contributed by atoms with van der Waals surface area (Å²) in [5.74, 6) is 0.227. The van der Waals surface area contributed by atoms with Crippen LogP contribution in [0, 0.1) is 17.6 Å². The van der Waals surface area contributed by atoms with Gasteiger partial charge in [-0.1, -0.05) is 6.07 Å². The molecule has 0 spiro atoms. The predicted octanol–water partition coefficient (Wildman–Crippen LogP) is 3.16. The first-order chi connectivity index (χ1) is 14.2. The minimum atomic E-state index is -0.518. The van der Waals surface area contributed by atoms with Gasteiger partial charge in [0, 0.05) is 51.4 Å². The van der Waals surface area contributed by atoms with Crippen molar-refractivity contribution < 1.29 is 18.3 Å². The SMILES string of the molecule is CCNC(=NCCCOCC1CCOC1)NC1CCN(c2c(F)cccc2F)C1.I. The van der Waals surface area contributed by atoms with Crippen LogP contribution < -0.4 is 15.5 Å². The van der Waals surface area contributed by atoms with Crippen molar-refractivity contribution >= 4 is 35.6 Å². The van der Waals surface area contributed by atoms with E-state index in [1.54, 1.807) is 4.90 Å². The van der Waals surface area contributed by atoms with E-state index < -0.39 is 11.6 Å². The van der Waals surface area contributed by atoms with Gasteiger partial charge in [-0.3, -0.25) is 4.99 Å². The molecule has 9 heteroatoms. The lowest BCUT2D eigenvalue weighted by molar-refractivity contribution is 0.0893. The molecule has 0 amide bonds. The fourth-order valence-electron chi connectivity index (χ4n) is 3.71. The van der Waals surface area contributed by atoms with E-state index in [1.807, 2.05) is 6.92 Å². The Morgan fingerprint density at radius 3 is 2.80 bits per heavy atom. The lowest BCUT2D eigenvalue weighted by Crippen LogP contribution is -2.44. The van der Waals surface area contributed by atoms with Gasteiger partial charge < -0.3 is 25.0 Å². The minimum Gasteiger partial charge on any atom is -0.381 e. The maximum absolute atomic E-state index is 14.0. The molecule has 6 nitrogen and oxygen atoms in total. The van der Waals surface area contributed by atoms with Gasteiger partial charge in [-0.2, -0.15) is 0 Å². The van der Waals surface area contributed by atoms with E-state index in [0.717, 1.165) is 51.6 Å². The average molecular weight is 538 g/mol. The maximum Gasteiger partial charge on any atom is 0.191 e. The number of halogens is 3. The minimum absolute atomic E-state index is 0. The van der Waals surface area contributed by atoms with Crippen LogP contribution in [0.1, 0.15) is 26.2 Å². The standard InChI is InChI=1S/C21H32F2N4O2.HI/c1-2-24-21(25-9-4-11-28-14-16-8-12-29-15-16)26-17-7-10-27(13-17)20-18(22)5-3-6-19(20)23;/h3,5-6,16-17H,2,4,7-15H2,1H3,(H2,24,25,26);1H. The number of nitrogens with zero attached hydrogens (tertiary/aromatic N) is 2. The molecule has 0 aromatic heterocycles. The average Bonchev–Trinajstić information content (AvgIpc) is 3.37. The molecule has 0 radical (unpaired) electrons. The van der Waals surface area contributed by atoms with Gasteiger partial charge >= 0.3 is 0 Å². The highest BCUT2D eigenvalue weighted by molar-refractivity contribution is 14.0. The van der Waals surface area contributed by atoms with Crippen LogP contribution in [0.4, 0.5) is 14.5 Å². The molecule has 0 aliphatic carbocycles. The molecule has 2 N–H and O–H groups in total. The van der Waals surface area contributed by atoms with Gasteiger partial charge in [-0.25, -0.2) is 8.78 Å². The number of rotatable bonds is 9. The Kier molecular flexibility index (Phi) is 11.1. The van der Waals surface area contributed by atoms with Crippen molar-refractivity contribution in [3.63, 3.8) is 0 Å². The Labute approximate surface area is 194 Å². The molecule has 2 fully saturated rings. The van der Waals surface area contributed by atoms with E-state index in [9.17, 15) is 8.78 Å². The van der Waals surface area contributed by atoms with Crippen LogP contribution in [0.2, 0.25) is 0 Å². The predicted molar refractivity (Wildman–Crippen MR) is 126 cm³/mol. The molecule has 3 rings (SSSR count). The van der Waals surface area contributed by atoms with E-state index in [4.69, 9.17) is 9.47 Å². The van der Waals surface area contributed by atoms with Crippen molar-refractivity contribution in [1.82, 2.24) is 10.6 Å². The van der Waals surface area contributed by atoms with Gasteiger partial charge in [-0.15, -0.1) is 24.0 Å². The van der Waals surface area contributed by atoms with Gasteiger partial charge in [-0.05, 0) is 38.3 Å². The fraction of sp³-hybridized carbons (Fsp3) is 0.667. The number of aliphatic imine (C=N–C) groups is 1. The topological polar surface area (TPSA) is 58.1 Å². The number of guanidine groups is 1. The summed E-state index contributed by atoms with van der Waals surface area (Å²) in [4.78, 5) is 6.36. The third-order valence-corrected chi connectivity index (χ3v) is 5.22. The van der Waals surface area contributed by atoms with Crippen LogP contribution in [0.3, 0.4) is 0 Å². The number of hydrogen-bond acceptors (Lipinski definition) is 4. The van der Waals surface area contributed by atoms with Crippen LogP contribution in [-0.4, -0.2) is 64.6 Å². The smallest absolute Gasteiger partial charge is 0.191 e. The summed E-state index contributed by atoms with van der Waals surface area (Å²) in [6.07, 6.45) is 2.73. The zero-order valence-electron chi connectivity index (χ0n) is 17.5. The first-order valence-corrected chi connectivity index (χ1v) is 10.6. The maximum atomic E-state index is 14.0. The number of benzene rings is 1. The normalized spacial score (nSPS) is 21.6. The molecule has 2 unspecified atom stereocenters. The van der Waals surface area contributed by atoms with Crippen LogP contribution >= 0.6 is 24.0 Å². The molecule has 2 atom stereocenters. The second-order valence-electron chi connectivity index (χ2n) is 7.56. The van der Waals surface area contributed by atoms with Crippen LogP contribution in [0.5, 0.6) is 0 Å². The zero-order chi connectivity index (χ0) is 20.5. The van der Waals surface area contributed by atoms with Crippen LogP contribution in [0.25, 0.3) is 0 Å². The molecular weight excluding hydrogens is 505 g/mol. The van der Waals surface area contributed by atoms with Gasteiger partial charge in [0.1, 0.15) is 17.3 Å². The zero-order valence-corrected chi connectivity index (χ0v) is 19.9. The molecule has 0 saturated carbocycles. The molecule has 170 valence electrons. The third-order valence-electron chi connectivity index (χ3n) is 5.22. The van der Waals surface area contributed by atoms with E-state index >= 15 is 0 Å². The Hall–Kier alpha value is -1.20. The Morgan fingerprint density at radius 1 is 1.30 bits per heavy atom. The highest BCUT2D eigenvalue weighted by Gasteiger charge is 2.27. The van der Waals surface area contributed by atoms with Crippen LogP contribution in [-0.2, 0) is 9.47 Å². The van der Waals surface area contributed by atoms with Gasteiger partial charge in [0.15, 0.2) is 5.96 Å². The van der Waals surface area contributed by atoms with Gasteiger partial charge in [0.05, 0.1) is 13.2 Å². The van der Waals surface area contributed by atoms with E-state index in [-0.39, 0.29) is 35.7 Å². The molecule has 1 aromatic rings. The molecule has 2 heterocycles. The molecule has 2 aliphatic heterocycles. The lowest BCUT2D eigenvalue weighted by Gasteiger charge is -2.21. The monoisotopic (exact) mass is 538 g/mol. The second kappa shape index (κ2) is 13.3. The summed E-state index contributed by atoms with van der Waals surface area (Å²) in [6.45, 7) is 7.66. The van der Waals surface area contributed by atoms with Crippen molar-refractivity contribution in [3.8, 4) is 0 Å². The molecule has 2 saturated heterocycles. The van der Waals surface area contributed by atoms with Crippen molar-refractivity contribution in [2.24, 2.45) is 10.9 Å². The number of para-hydroxylation sites is 1. The summed E-state index contributed by atoms with van der Waals surface area (Å²) in [5.41, 5.74) is 0.0588. The van der Waals surface area contributed by atoms with Crippen molar-refractivity contribution in [1.29, 1.82) is 0 Å². The van der Waals surface area contributed by atoms with Gasteiger partial charge in [0.2, 0.25) is 0 Å². The summed E-state index contributed by atoms with van der Waals surface area (Å²) in [5, 5.41) is 6.62. The highest BCUT2D eigenvalue weighted by Crippen LogP contribution is 2.26. The largest absolute Gasteiger partial charge is 0.381 e. The summed E-state index contributed by atoms with van der Waals surface area (Å²) in [7, 11) is 0. The first-order valence-electron chi connectivity index (χ1n) is 10.6. The quantitative estimate of drug-likeness (QED) is 0.219. The molecule has 30 heavy (non-hydrogen) atoms. The molecular formula is C21H33F2IN4O2. The fourth-order valence-corrected chi connectivity index (χ4v) is 3.71. The second-order valence-corrected chi connectivity index (χ2v) is 7.56. The summed E-state index contributed by atoms with van der Waals surface area (Å²) < 4.78 is 39.1. The van der Waals surface area contributed by atoms with E-state index in [0.29, 0.717) is 32.2 Å². The number of anilines is 1. The van der Waals surface area contributed by atoms with Crippen LogP contribution in [0.15, 0.2) is 23.2 Å². The molecule has 1 aromatic carbocycles. The summed E-state index contributed by atoms with van der Waals surface area (Å²) in [6, 6.07) is 4.07. The Balaban J connectivity index is 0.00000320. The molecule has 2 aliphatic rings. The van der Waals surface area contributed by atoms with E-state index in [2.05, 4.69) is 15.6 Å². The first kappa shape index (κ1) is 25.1. The molecule has 0 bridgehead atoms. The van der Waals surface area contributed by atoms with Crippen molar-refractivity contribution in [2.45, 2.75) is 32.2 Å². The van der Waals surface area contributed by atoms with Crippen molar-refractivity contribution in [3.05, 3.63) is 29.8 Å². The Bertz CT molecular complexity index is 654. The van der Waals surface area contributed by atoms with Gasteiger partial charge in [0.25, 0.3) is 0 Å². The number of ether oxygens (including phenoxy) is 2. The highest BCUT2D eigenvalue weighted by atomic mass is 127. The lowest BCUT2D eigenvalue weighted by atomic mass is 10.1. The number of nitrogens with one attached hydrogen (secondary N) is 2. The van der Waals surface area contributed by atoms with E-state index in [1.165, 1.54) is 18.2 Å². The third kappa shape index (κ3) is 7.49. The Morgan fingerprint density at radius 2 is 2.10 bits per heavy atom.